The molecule has 0 saturated carbocycles. The van der Waals surface area contributed by atoms with Crippen LogP contribution in [0.2, 0.25) is 0 Å². The van der Waals surface area contributed by atoms with Crippen molar-refractivity contribution in [3.05, 3.63) is 41.1 Å². The van der Waals surface area contributed by atoms with E-state index in [0.29, 0.717) is 18.0 Å². The van der Waals surface area contributed by atoms with Crippen molar-refractivity contribution >= 4 is 21.8 Å². The molecule has 2 heterocycles. The molecular formula is C20H25N3O4S. The average molecular weight is 404 g/mol. The zero-order valence-corrected chi connectivity index (χ0v) is 16.8. The molecule has 2 aromatic rings. The Kier molecular flexibility index (Phi) is 5.25. The number of nitrogens with zero attached hydrogens (tertiary/aromatic N) is 2. The zero-order valence-electron chi connectivity index (χ0n) is 16.0. The molecule has 8 heteroatoms. The van der Waals surface area contributed by atoms with Gasteiger partial charge in [-0.1, -0.05) is 11.6 Å². The van der Waals surface area contributed by atoms with Crippen LogP contribution in [0.5, 0.6) is 0 Å². The predicted molar refractivity (Wildman–Crippen MR) is 105 cm³/mol. The van der Waals surface area contributed by atoms with E-state index < -0.39 is 10.0 Å². The van der Waals surface area contributed by atoms with Crippen molar-refractivity contribution in [1.82, 2.24) is 9.46 Å². The van der Waals surface area contributed by atoms with E-state index in [9.17, 15) is 13.2 Å². The van der Waals surface area contributed by atoms with Crippen LogP contribution in [0.4, 0.5) is 5.88 Å². The molecule has 1 unspecified atom stereocenters. The first-order chi connectivity index (χ1) is 13.5. The van der Waals surface area contributed by atoms with Gasteiger partial charge in [0.1, 0.15) is 0 Å². The monoisotopic (exact) mass is 403 g/mol. The van der Waals surface area contributed by atoms with E-state index in [-0.39, 0.29) is 16.8 Å². The van der Waals surface area contributed by atoms with Crippen molar-refractivity contribution in [3.63, 3.8) is 0 Å². The maximum atomic E-state index is 12.9. The lowest BCUT2D eigenvalue weighted by atomic mass is 9.97. The summed E-state index contributed by atoms with van der Waals surface area (Å²) in [5, 5.41) is 6.80. The van der Waals surface area contributed by atoms with Gasteiger partial charge in [-0.3, -0.25) is 10.1 Å². The number of anilines is 1. The number of amides is 1. The molecule has 1 aliphatic carbocycles. The lowest BCUT2D eigenvalue weighted by Gasteiger charge is -2.32. The van der Waals surface area contributed by atoms with Crippen molar-refractivity contribution in [2.24, 2.45) is 0 Å². The van der Waals surface area contributed by atoms with Gasteiger partial charge in [-0.2, -0.15) is 4.31 Å². The minimum Gasteiger partial charge on any atom is -0.338 e. The summed E-state index contributed by atoms with van der Waals surface area (Å²) >= 11 is 0. The molecule has 7 nitrogen and oxygen atoms in total. The number of aromatic nitrogens is 1. The molecule has 2 aliphatic rings. The molecule has 1 aliphatic heterocycles. The van der Waals surface area contributed by atoms with Gasteiger partial charge in [0.15, 0.2) is 0 Å². The lowest BCUT2D eigenvalue weighted by Crippen LogP contribution is -2.41. The predicted octanol–water partition coefficient (Wildman–Crippen LogP) is 3.37. The van der Waals surface area contributed by atoms with Crippen LogP contribution < -0.4 is 5.32 Å². The summed E-state index contributed by atoms with van der Waals surface area (Å²) in [6, 6.07) is 6.08. The average Bonchev–Trinajstić information content (AvgIpc) is 3.11. The van der Waals surface area contributed by atoms with Crippen LogP contribution in [0.25, 0.3) is 0 Å². The molecular weight excluding hydrogens is 378 g/mol. The van der Waals surface area contributed by atoms with Crippen LogP contribution in [-0.2, 0) is 22.9 Å². The summed E-state index contributed by atoms with van der Waals surface area (Å²) in [6.07, 6.45) is 6.66. The van der Waals surface area contributed by atoms with Gasteiger partial charge in [-0.05, 0) is 69.7 Å². The second kappa shape index (κ2) is 7.67. The highest BCUT2D eigenvalue weighted by atomic mass is 32.2. The lowest BCUT2D eigenvalue weighted by molar-refractivity contribution is 0.102. The highest BCUT2D eigenvalue weighted by molar-refractivity contribution is 7.89. The number of benzene rings is 1. The first-order valence-electron chi connectivity index (χ1n) is 9.87. The first kappa shape index (κ1) is 19.1. The molecule has 1 amide bonds. The van der Waals surface area contributed by atoms with Crippen LogP contribution in [-0.4, -0.2) is 36.4 Å². The van der Waals surface area contributed by atoms with Gasteiger partial charge in [-0.25, -0.2) is 8.42 Å². The number of sulfonamides is 1. The van der Waals surface area contributed by atoms with Crippen molar-refractivity contribution in [3.8, 4) is 0 Å². The summed E-state index contributed by atoms with van der Waals surface area (Å²) < 4.78 is 32.7. The Labute approximate surface area is 165 Å². The van der Waals surface area contributed by atoms with Crippen LogP contribution in [0.15, 0.2) is 33.7 Å². The van der Waals surface area contributed by atoms with E-state index in [0.717, 1.165) is 56.2 Å². The van der Waals surface area contributed by atoms with Crippen LogP contribution in [0, 0.1) is 0 Å². The van der Waals surface area contributed by atoms with Gasteiger partial charge in [0, 0.05) is 23.7 Å². The Morgan fingerprint density at radius 1 is 1.14 bits per heavy atom. The fourth-order valence-corrected chi connectivity index (χ4v) is 5.71. The number of nitrogens with one attached hydrogen (secondary N) is 1. The molecule has 150 valence electrons. The summed E-state index contributed by atoms with van der Waals surface area (Å²) in [7, 11) is -3.54. The normalized spacial score (nSPS) is 20.5. The Bertz CT molecular complexity index is 966. The fraction of sp³-hybridized carbons (Fsp3) is 0.500. The largest absolute Gasteiger partial charge is 0.338 e. The molecule has 4 rings (SSSR count). The Balaban J connectivity index is 1.50. The molecule has 0 bridgehead atoms. The van der Waals surface area contributed by atoms with E-state index >= 15 is 0 Å². The van der Waals surface area contributed by atoms with Gasteiger partial charge >= 0.3 is 0 Å². The maximum Gasteiger partial charge on any atom is 0.258 e. The fourth-order valence-electron chi connectivity index (χ4n) is 4.01. The summed E-state index contributed by atoms with van der Waals surface area (Å²) in [5.74, 6) is 0.0679. The van der Waals surface area contributed by atoms with E-state index in [2.05, 4.69) is 10.5 Å². The zero-order chi connectivity index (χ0) is 19.7. The number of carbonyl (C=O) groups is 1. The van der Waals surface area contributed by atoms with E-state index in [1.807, 2.05) is 6.92 Å². The Hall–Kier alpha value is -2.19. The third-order valence-corrected chi connectivity index (χ3v) is 7.68. The van der Waals surface area contributed by atoms with Gasteiger partial charge in [0.25, 0.3) is 5.91 Å². The third kappa shape index (κ3) is 3.58. The van der Waals surface area contributed by atoms with Crippen molar-refractivity contribution in [2.75, 3.05) is 11.9 Å². The van der Waals surface area contributed by atoms with Gasteiger partial charge in [0.05, 0.1) is 10.6 Å². The van der Waals surface area contributed by atoms with Crippen molar-refractivity contribution in [2.45, 2.75) is 62.8 Å². The first-order valence-corrected chi connectivity index (χ1v) is 11.3. The summed E-state index contributed by atoms with van der Waals surface area (Å²) in [4.78, 5) is 12.8. The number of carbonyl (C=O) groups excluding carboxylic acids is 1. The third-order valence-electron chi connectivity index (χ3n) is 5.65. The quantitative estimate of drug-likeness (QED) is 0.845. The molecule has 1 fully saturated rings. The topological polar surface area (TPSA) is 92.5 Å². The summed E-state index contributed by atoms with van der Waals surface area (Å²) in [5.41, 5.74) is 2.27. The number of aryl methyl sites for hydroxylation is 1. The molecule has 28 heavy (non-hydrogen) atoms. The second-order valence-electron chi connectivity index (χ2n) is 7.58. The molecule has 0 spiro atoms. The Morgan fingerprint density at radius 3 is 2.64 bits per heavy atom. The number of hydrogen-bond acceptors (Lipinski definition) is 5. The molecule has 1 N–H and O–H groups in total. The molecule has 1 aromatic carbocycles. The summed E-state index contributed by atoms with van der Waals surface area (Å²) in [6.45, 7) is 2.49. The molecule has 1 saturated heterocycles. The molecule has 0 radical (unpaired) electrons. The highest BCUT2D eigenvalue weighted by Crippen LogP contribution is 2.28. The molecule has 1 aromatic heterocycles. The minimum absolute atomic E-state index is 0.000598. The van der Waals surface area contributed by atoms with Crippen LogP contribution in [0.1, 0.15) is 60.6 Å². The van der Waals surface area contributed by atoms with E-state index in [4.69, 9.17) is 4.52 Å². The Morgan fingerprint density at radius 2 is 1.89 bits per heavy atom. The minimum atomic E-state index is -3.54. The standard InChI is InChI=1S/C20H25N3O4S/c1-14-6-4-5-13-23(14)28(25,26)16-11-9-15(10-12-16)19(24)21-20-17-7-2-3-8-18(17)22-27-20/h9-12,14H,2-8,13H2,1H3,(H,21,24). The van der Waals surface area contributed by atoms with E-state index in [1.165, 1.54) is 12.1 Å². The van der Waals surface area contributed by atoms with Gasteiger partial charge in [0.2, 0.25) is 15.9 Å². The number of rotatable bonds is 4. The second-order valence-corrected chi connectivity index (χ2v) is 9.47. The number of fused-ring (bicyclic) bond motifs is 1. The smallest absolute Gasteiger partial charge is 0.258 e. The van der Waals surface area contributed by atoms with Crippen LogP contribution in [0.3, 0.4) is 0 Å². The van der Waals surface area contributed by atoms with Gasteiger partial charge in [-0.15, -0.1) is 0 Å². The number of piperidine rings is 1. The van der Waals surface area contributed by atoms with Crippen LogP contribution >= 0.6 is 0 Å². The van der Waals surface area contributed by atoms with Crippen molar-refractivity contribution < 1.29 is 17.7 Å². The number of hydrogen-bond donors (Lipinski definition) is 1. The van der Waals surface area contributed by atoms with Gasteiger partial charge < -0.3 is 4.52 Å². The molecule has 1 atom stereocenters. The van der Waals surface area contributed by atoms with E-state index in [1.54, 1.807) is 16.4 Å². The SMILES string of the molecule is CC1CCCCN1S(=O)(=O)c1ccc(C(=O)Nc2onc3c2CCCC3)cc1. The maximum absolute atomic E-state index is 12.9. The highest BCUT2D eigenvalue weighted by Gasteiger charge is 2.31. The van der Waals surface area contributed by atoms with Crippen molar-refractivity contribution in [1.29, 1.82) is 0 Å².